The van der Waals surface area contributed by atoms with Gasteiger partial charge < -0.3 is 10.2 Å². The van der Waals surface area contributed by atoms with E-state index >= 15 is 0 Å². The summed E-state index contributed by atoms with van der Waals surface area (Å²) < 4.78 is 0. The van der Waals surface area contributed by atoms with Crippen molar-refractivity contribution in [3.8, 4) is 0 Å². The van der Waals surface area contributed by atoms with Crippen LogP contribution in [0.3, 0.4) is 0 Å². The van der Waals surface area contributed by atoms with Gasteiger partial charge in [0.2, 0.25) is 5.91 Å². The maximum absolute atomic E-state index is 12.2. The van der Waals surface area contributed by atoms with Crippen LogP contribution in [0.4, 0.5) is 0 Å². The Morgan fingerprint density at radius 2 is 2.10 bits per heavy atom. The predicted octanol–water partition coefficient (Wildman–Crippen LogP) is 0.916. The summed E-state index contributed by atoms with van der Waals surface area (Å²) in [5.41, 5.74) is 1.09. The summed E-state index contributed by atoms with van der Waals surface area (Å²) in [5.74, 6) is -0.173. The Labute approximate surface area is 118 Å². The van der Waals surface area contributed by atoms with Crippen LogP contribution < -0.4 is 5.32 Å². The van der Waals surface area contributed by atoms with Crippen LogP contribution in [-0.2, 0) is 4.79 Å². The van der Waals surface area contributed by atoms with E-state index in [2.05, 4.69) is 15.3 Å². The third-order valence-corrected chi connectivity index (χ3v) is 3.22. The molecule has 0 spiro atoms. The second-order valence-corrected chi connectivity index (χ2v) is 5.02. The van der Waals surface area contributed by atoms with Crippen molar-refractivity contribution in [2.75, 3.05) is 13.1 Å². The molecule has 0 radical (unpaired) electrons. The molecule has 20 heavy (non-hydrogen) atoms. The number of amides is 2. The van der Waals surface area contributed by atoms with Crippen molar-refractivity contribution in [1.82, 2.24) is 20.2 Å². The summed E-state index contributed by atoms with van der Waals surface area (Å²) in [7, 11) is 0. The van der Waals surface area contributed by atoms with Crippen molar-refractivity contribution >= 4 is 11.8 Å². The molecule has 1 N–H and O–H groups in total. The summed E-state index contributed by atoms with van der Waals surface area (Å²) in [5, 5.41) is 2.91. The van der Waals surface area contributed by atoms with Gasteiger partial charge in [-0.2, -0.15) is 0 Å². The van der Waals surface area contributed by atoms with Gasteiger partial charge in [0.1, 0.15) is 5.69 Å². The number of aryl methyl sites for hydroxylation is 1. The largest absolute Gasteiger partial charge is 0.353 e. The zero-order chi connectivity index (χ0) is 14.5. The molecule has 1 fully saturated rings. The van der Waals surface area contributed by atoms with Crippen molar-refractivity contribution < 1.29 is 9.59 Å². The van der Waals surface area contributed by atoms with Crippen LogP contribution in [0.5, 0.6) is 0 Å². The van der Waals surface area contributed by atoms with E-state index in [1.54, 1.807) is 11.1 Å². The number of aromatic nitrogens is 2. The molecule has 2 amide bonds. The first kappa shape index (κ1) is 14.4. The Morgan fingerprint density at radius 1 is 1.35 bits per heavy atom. The van der Waals surface area contributed by atoms with Gasteiger partial charge in [-0.3, -0.25) is 14.6 Å². The number of carbonyl (C=O) groups is 2. The molecule has 0 bridgehead atoms. The lowest BCUT2D eigenvalue weighted by molar-refractivity contribution is -0.121. The molecule has 1 aliphatic carbocycles. The maximum Gasteiger partial charge on any atom is 0.274 e. The lowest BCUT2D eigenvalue weighted by Crippen LogP contribution is -2.36. The van der Waals surface area contributed by atoms with E-state index in [0.29, 0.717) is 31.2 Å². The van der Waals surface area contributed by atoms with Gasteiger partial charge in [-0.05, 0) is 26.7 Å². The number of hydrogen-bond acceptors (Lipinski definition) is 4. The molecule has 1 saturated carbocycles. The highest BCUT2D eigenvalue weighted by Gasteiger charge is 2.24. The minimum Gasteiger partial charge on any atom is -0.353 e. The van der Waals surface area contributed by atoms with Gasteiger partial charge in [0, 0.05) is 31.7 Å². The molecule has 6 heteroatoms. The minimum absolute atomic E-state index is 0.00809. The first-order valence-corrected chi connectivity index (χ1v) is 6.97. The van der Waals surface area contributed by atoms with Gasteiger partial charge in [-0.25, -0.2) is 4.98 Å². The molecule has 0 atom stereocenters. The van der Waals surface area contributed by atoms with Gasteiger partial charge in [-0.1, -0.05) is 0 Å². The van der Waals surface area contributed by atoms with Crippen LogP contribution in [0.1, 0.15) is 42.4 Å². The zero-order valence-corrected chi connectivity index (χ0v) is 11.9. The molecule has 1 aromatic heterocycles. The minimum atomic E-state index is -0.181. The number of nitrogens with one attached hydrogen (secondary N) is 1. The molecule has 0 aliphatic heterocycles. The smallest absolute Gasteiger partial charge is 0.274 e. The molecule has 0 aromatic carbocycles. The molecular weight excluding hydrogens is 256 g/mol. The second-order valence-electron chi connectivity index (χ2n) is 5.02. The topological polar surface area (TPSA) is 75.2 Å². The van der Waals surface area contributed by atoms with Gasteiger partial charge in [0.15, 0.2) is 0 Å². The highest BCUT2D eigenvalue weighted by molar-refractivity contribution is 5.92. The fraction of sp³-hybridized carbons (Fsp3) is 0.571. The van der Waals surface area contributed by atoms with Crippen LogP contribution in [0, 0.1) is 6.92 Å². The van der Waals surface area contributed by atoms with Crippen LogP contribution in [0.2, 0.25) is 0 Å². The second kappa shape index (κ2) is 6.45. The zero-order valence-electron chi connectivity index (χ0n) is 11.9. The number of carbonyl (C=O) groups excluding carboxylic acids is 2. The predicted molar refractivity (Wildman–Crippen MR) is 74.1 cm³/mol. The van der Waals surface area contributed by atoms with E-state index in [-0.39, 0.29) is 11.8 Å². The van der Waals surface area contributed by atoms with E-state index in [1.165, 1.54) is 6.20 Å². The monoisotopic (exact) mass is 276 g/mol. The molecule has 1 aliphatic rings. The Morgan fingerprint density at radius 3 is 2.65 bits per heavy atom. The third-order valence-electron chi connectivity index (χ3n) is 3.22. The normalized spacial score (nSPS) is 13.9. The first-order valence-electron chi connectivity index (χ1n) is 6.97. The fourth-order valence-electron chi connectivity index (χ4n) is 1.83. The Bertz CT molecular complexity index is 482. The van der Waals surface area contributed by atoms with E-state index in [1.807, 2.05) is 13.8 Å². The summed E-state index contributed by atoms with van der Waals surface area (Å²) >= 11 is 0. The van der Waals surface area contributed by atoms with Gasteiger partial charge >= 0.3 is 0 Å². The molecule has 1 aromatic rings. The van der Waals surface area contributed by atoms with Crippen molar-refractivity contribution in [3.63, 3.8) is 0 Å². The van der Waals surface area contributed by atoms with Crippen molar-refractivity contribution in [1.29, 1.82) is 0 Å². The van der Waals surface area contributed by atoms with Crippen LogP contribution in [0.25, 0.3) is 0 Å². The molecule has 0 saturated heterocycles. The Hall–Kier alpha value is -1.98. The van der Waals surface area contributed by atoms with Gasteiger partial charge in [0.25, 0.3) is 5.91 Å². The Balaban J connectivity index is 1.87. The van der Waals surface area contributed by atoms with Crippen LogP contribution >= 0.6 is 0 Å². The number of rotatable bonds is 6. The van der Waals surface area contributed by atoms with Gasteiger partial charge in [0.05, 0.1) is 11.9 Å². The average Bonchev–Trinajstić information content (AvgIpc) is 3.24. The fourth-order valence-corrected chi connectivity index (χ4v) is 1.83. The highest BCUT2D eigenvalue weighted by Crippen LogP contribution is 2.18. The molecule has 1 heterocycles. The maximum atomic E-state index is 12.2. The van der Waals surface area contributed by atoms with E-state index in [0.717, 1.165) is 18.5 Å². The summed E-state index contributed by atoms with van der Waals surface area (Å²) in [6, 6.07) is 0.358. The van der Waals surface area contributed by atoms with E-state index < -0.39 is 0 Å². The lowest BCUT2D eigenvalue weighted by Gasteiger charge is -2.20. The van der Waals surface area contributed by atoms with E-state index in [4.69, 9.17) is 0 Å². The molecule has 2 rings (SSSR count). The van der Waals surface area contributed by atoms with E-state index in [9.17, 15) is 9.59 Å². The Kier molecular flexibility index (Phi) is 4.65. The van der Waals surface area contributed by atoms with Crippen molar-refractivity contribution in [2.24, 2.45) is 0 Å². The number of hydrogen-bond donors (Lipinski definition) is 1. The summed E-state index contributed by atoms with van der Waals surface area (Å²) in [6.45, 7) is 4.66. The summed E-state index contributed by atoms with van der Waals surface area (Å²) in [4.78, 5) is 33.6. The molecule has 6 nitrogen and oxygen atoms in total. The highest BCUT2D eigenvalue weighted by atomic mass is 16.2. The molecule has 108 valence electrons. The lowest BCUT2D eigenvalue weighted by atomic mass is 10.3. The average molecular weight is 276 g/mol. The quantitative estimate of drug-likeness (QED) is 0.838. The van der Waals surface area contributed by atoms with Gasteiger partial charge in [-0.15, -0.1) is 0 Å². The van der Waals surface area contributed by atoms with Crippen molar-refractivity contribution in [2.45, 2.75) is 39.2 Å². The summed E-state index contributed by atoms with van der Waals surface area (Å²) in [6.07, 6.45) is 5.52. The third kappa shape index (κ3) is 4.01. The standard InChI is InChI=1S/C14H20N4O2/c1-3-18(7-6-13(19)17-11-4-5-11)14(20)12-9-15-10(2)8-16-12/h8-9,11H,3-7H2,1-2H3,(H,17,19). The van der Waals surface area contributed by atoms with Crippen molar-refractivity contribution in [3.05, 3.63) is 23.8 Å². The SMILES string of the molecule is CCN(CCC(=O)NC1CC1)C(=O)c1cnc(C)cn1. The first-order chi connectivity index (χ1) is 9.60. The van der Waals surface area contributed by atoms with Crippen LogP contribution in [-0.4, -0.2) is 45.8 Å². The molecular formula is C14H20N4O2. The van der Waals surface area contributed by atoms with Crippen LogP contribution in [0.15, 0.2) is 12.4 Å². The molecule has 0 unspecified atom stereocenters. The number of nitrogens with zero attached hydrogens (tertiary/aromatic N) is 3.